The Morgan fingerprint density at radius 3 is 2.91 bits per heavy atom. The molecule has 7 heteroatoms. The number of amides is 1. The van der Waals surface area contributed by atoms with Crippen molar-refractivity contribution in [2.45, 2.75) is 6.92 Å². The van der Waals surface area contributed by atoms with E-state index in [2.05, 4.69) is 10.3 Å². The molecule has 0 aromatic carbocycles. The molecular formula is C15H15N5O2. The van der Waals surface area contributed by atoms with Gasteiger partial charge in [0.25, 0.3) is 11.5 Å². The van der Waals surface area contributed by atoms with Crippen molar-refractivity contribution in [3.8, 4) is 0 Å². The molecule has 7 nitrogen and oxygen atoms in total. The fraction of sp³-hybridized carbons (Fsp3) is 0.200. The van der Waals surface area contributed by atoms with Crippen molar-refractivity contribution in [1.29, 1.82) is 5.41 Å². The number of nitrogens with one attached hydrogen (secondary N) is 2. The quantitative estimate of drug-likeness (QED) is 0.671. The van der Waals surface area contributed by atoms with Crippen LogP contribution >= 0.6 is 0 Å². The standard InChI is InChI=1S/C15H15N5O2/c1-3-17-14(21)9-8-10-13(19(2)12(9)16)18-11-6-4-5-7-20(11)15(10)22/h4-8,16H,3H2,1-2H3,(H,17,21). The molecule has 0 saturated heterocycles. The van der Waals surface area contributed by atoms with Gasteiger partial charge in [-0.25, -0.2) is 4.98 Å². The second kappa shape index (κ2) is 5.10. The SMILES string of the molecule is CCNC(=O)c1cc2c(=O)n3ccccc3nc2n(C)c1=N. The molecule has 0 unspecified atom stereocenters. The maximum Gasteiger partial charge on any atom is 0.267 e. The van der Waals surface area contributed by atoms with Gasteiger partial charge in [0.05, 0.1) is 10.9 Å². The second-order valence-corrected chi connectivity index (χ2v) is 4.91. The molecule has 0 aliphatic rings. The number of carbonyl (C=O) groups excluding carboxylic acids is 1. The highest BCUT2D eigenvalue weighted by Crippen LogP contribution is 2.08. The van der Waals surface area contributed by atoms with E-state index in [1.165, 1.54) is 15.0 Å². The molecule has 3 aromatic rings. The van der Waals surface area contributed by atoms with Crippen molar-refractivity contribution in [1.82, 2.24) is 19.3 Å². The Morgan fingerprint density at radius 2 is 2.18 bits per heavy atom. The number of hydrogen-bond donors (Lipinski definition) is 2. The van der Waals surface area contributed by atoms with E-state index in [0.717, 1.165) is 0 Å². The van der Waals surface area contributed by atoms with Crippen LogP contribution in [0.25, 0.3) is 16.7 Å². The fourth-order valence-corrected chi connectivity index (χ4v) is 2.40. The lowest BCUT2D eigenvalue weighted by molar-refractivity contribution is 0.0953. The van der Waals surface area contributed by atoms with E-state index in [1.54, 1.807) is 38.4 Å². The van der Waals surface area contributed by atoms with E-state index in [4.69, 9.17) is 5.41 Å². The largest absolute Gasteiger partial charge is 0.352 e. The van der Waals surface area contributed by atoms with Crippen LogP contribution in [0.1, 0.15) is 17.3 Å². The first-order chi connectivity index (χ1) is 10.5. The highest BCUT2D eigenvalue weighted by atomic mass is 16.1. The highest BCUT2D eigenvalue weighted by Gasteiger charge is 2.15. The molecule has 3 rings (SSSR count). The van der Waals surface area contributed by atoms with Crippen LogP contribution in [0.3, 0.4) is 0 Å². The van der Waals surface area contributed by atoms with Crippen LogP contribution in [-0.4, -0.2) is 26.4 Å². The zero-order valence-corrected chi connectivity index (χ0v) is 12.3. The molecule has 0 spiro atoms. The van der Waals surface area contributed by atoms with E-state index >= 15 is 0 Å². The Balaban J connectivity index is 2.46. The summed E-state index contributed by atoms with van der Waals surface area (Å²) in [7, 11) is 1.62. The summed E-state index contributed by atoms with van der Waals surface area (Å²) in [6.45, 7) is 2.25. The van der Waals surface area contributed by atoms with Crippen LogP contribution in [-0.2, 0) is 7.05 Å². The number of nitrogens with zero attached hydrogens (tertiary/aromatic N) is 3. The average Bonchev–Trinajstić information content (AvgIpc) is 2.52. The topological polar surface area (TPSA) is 92.2 Å². The van der Waals surface area contributed by atoms with Crippen LogP contribution in [0.2, 0.25) is 0 Å². The third kappa shape index (κ3) is 1.98. The number of rotatable bonds is 2. The summed E-state index contributed by atoms with van der Waals surface area (Å²) in [5.41, 5.74) is 0.800. The Labute approximate surface area is 125 Å². The molecule has 112 valence electrons. The molecule has 0 bridgehead atoms. The molecular weight excluding hydrogens is 282 g/mol. The van der Waals surface area contributed by atoms with Gasteiger partial charge in [0.1, 0.15) is 16.8 Å². The lowest BCUT2D eigenvalue weighted by Crippen LogP contribution is -2.33. The van der Waals surface area contributed by atoms with Crippen molar-refractivity contribution in [2.75, 3.05) is 6.54 Å². The minimum atomic E-state index is -0.373. The Kier molecular flexibility index (Phi) is 3.25. The van der Waals surface area contributed by atoms with Crippen molar-refractivity contribution in [3.63, 3.8) is 0 Å². The molecule has 0 atom stereocenters. The van der Waals surface area contributed by atoms with Gasteiger partial charge in [-0.3, -0.25) is 19.4 Å². The summed E-state index contributed by atoms with van der Waals surface area (Å²) in [6.07, 6.45) is 1.63. The number of pyridine rings is 2. The molecule has 0 fully saturated rings. The van der Waals surface area contributed by atoms with Gasteiger partial charge in [-0.05, 0) is 25.1 Å². The zero-order valence-electron chi connectivity index (χ0n) is 12.3. The molecule has 2 N–H and O–H groups in total. The number of carbonyl (C=O) groups is 1. The number of fused-ring (bicyclic) bond motifs is 2. The van der Waals surface area contributed by atoms with Crippen LogP contribution in [0.4, 0.5) is 0 Å². The Bertz CT molecular complexity index is 1020. The Morgan fingerprint density at radius 1 is 1.41 bits per heavy atom. The van der Waals surface area contributed by atoms with Gasteiger partial charge in [0, 0.05) is 19.8 Å². The maximum absolute atomic E-state index is 12.6. The molecule has 0 saturated carbocycles. The molecule has 22 heavy (non-hydrogen) atoms. The van der Waals surface area contributed by atoms with Crippen molar-refractivity contribution in [2.24, 2.45) is 7.05 Å². The minimum Gasteiger partial charge on any atom is -0.352 e. The zero-order chi connectivity index (χ0) is 15.9. The molecule has 0 aliphatic heterocycles. The smallest absolute Gasteiger partial charge is 0.267 e. The monoisotopic (exact) mass is 297 g/mol. The maximum atomic E-state index is 12.6. The van der Waals surface area contributed by atoms with E-state index < -0.39 is 0 Å². The van der Waals surface area contributed by atoms with Gasteiger partial charge in [-0.15, -0.1) is 0 Å². The summed E-state index contributed by atoms with van der Waals surface area (Å²) >= 11 is 0. The van der Waals surface area contributed by atoms with Crippen molar-refractivity contribution >= 4 is 22.6 Å². The lowest BCUT2D eigenvalue weighted by Gasteiger charge is -2.10. The van der Waals surface area contributed by atoms with E-state index in [9.17, 15) is 9.59 Å². The third-order valence-electron chi connectivity index (χ3n) is 3.53. The Hall–Kier alpha value is -2.96. The first-order valence-electron chi connectivity index (χ1n) is 6.88. The van der Waals surface area contributed by atoms with Gasteiger partial charge >= 0.3 is 0 Å². The van der Waals surface area contributed by atoms with Gasteiger partial charge < -0.3 is 9.88 Å². The number of hydrogen-bond acceptors (Lipinski definition) is 4. The minimum absolute atomic E-state index is 0.0191. The highest BCUT2D eigenvalue weighted by molar-refractivity contribution is 5.96. The van der Waals surface area contributed by atoms with Crippen LogP contribution in [0.5, 0.6) is 0 Å². The van der Waals surface area contributed by atoms with Crippen LogP contribution in [0, 0.1) is 5.41 Å². The number of aromatic nitrogens is 3. The molecule has 0 radical (unpaired) electrons. The average molecular weight is 297 g/mol. The molecule has 3 heterocycles. The third-order valence-corrected chi connectivity index (χ3v) is 3.53. The molecule has 3 aromatic heterocycles. The summed E-state index contributed by atoms with van der Waals surface area (Å²) in [5.74, 6) is -0.373. The first-order valence-corrected chi connectivity index (χ1v) is 6.88. The number of aryl methyl sites for hydroxylation is 1. The van der Waals surface area contributed by atoms with Gasteiger partial charge in [-0.2, -0.15) is 0 Å². The first kappa shape index (κ1) is 14.0. The normalized spacial score (nSPS) is 11.0. The van der Waals surface area contributed by atoms with E-state index in [-0.39, 0.29) is 22.5 Å². The second-order valence-electron chi connectivity index (χ2n) is 4.91. The van der Waals surface area contributed by atoms with Crippen LogP contribution in [0.15, 0.2) is 35.3 Å². The summed E-state index contributed by atoms with van der Waals surface area (Å²) in [4.78, 5) is 29.1. The van der Waals surface area contributed by atoms with Gasteiger partial charge in [-0.1, -0.05) is 6.07 Å². The van der Waals surface area contributed by atoms with Gasteiger partial charge in [0.2, 0.25) is 0 Å². The van der Waals surface area contributed by atoms with Gasteiger partial charge in [0.15, 0.2) is 0 Å². The van der Waals surface area contributed by atoms with Crippen molar-refractivity contribution < 1.29 is 4.79 Å². The van der Waals surface area contributed by atoms with Crippen LogP contribution < -0.4 is 16.4 Å². The van der Waals surface area contributed by atoms with E-state index in [1.807, 2.05) is 0 Å². The fourth-order valence-electron chi connectivity index (χ4n) is 2.40. The predicted octanol–water partition coefficient (Wildman–Crippen LogP) is 0.415. The van der Waals surface area contributed by atoms with Crippen molar-refractivity contribution in [3.05, 3.63) is 51.9 Å². The molecule has 1 amide bonds. The molecule has 0 aliphatic carbocycles. The predicted molar refractivity (Wildman–Crippen MR) is 81.8 cm³/mol. The summed E-state index contributed by atoms with van der Waals surface area (Å²) < 4.78 is 2.88. The van der Waals surface area contributed by atoms with E-state index in [0.29, 0.717) is 23.2 Å². The summed E-state index contributed by atoms with van der Waals surface area (Å²) in [5, 5.41) is 11.1. The lowest BCUT2D eigenvalue weighted by atomic mass is 10.2. The summed E-state index contributed by atoms with van der Waals surface area (Å²) in [6, 6.07) is 6.70.